The molecule has 3 nitrogen and oxygen atoms in total. The average molecular weight is 241 g/mol. The van der Waals surface area contributed by atoms with Gasteiger partial charge in [-0.15, -0.1) is 0 Å². The number of rotatable bonds is 3. The lowest BCUT2D eigenvalue weighted by molar-refractivity contribution is 0.0292. The molecular weight excluding hydrogens is 224 g/mol. The molecule has 1 aromatic carbocycles. The number of anilines is 1. The molecule has 1 atom stereocenters. The van der Waals surface area contributed by atoms with Gasteiger partial charge in [-0.3, -0.25) is 0 Å². The van der Waals surface area contributed by atoms with Crippen molar-refractivity contribution in [1.82, 2.24) is 5.32 Å². The second-order valence-electron chi connectivity index (χ2n) is 4.37. The Morgan fingerprint density at radius 3 is 2.75 bits per heavy atom. The van der Waals surface area contributed by atoms with Crippen LogP contribution >= 0.6 is 11.6 Å². The average Bonchev–Trinajstić information content (AvgIpc) is 2.29. The van der Waals surface area contributed by atoms with E-state index in [1.54, 1.807) is 0 Å². The van der Waals surface area contributed by atoms with Crippen LogP contribution in [0.15, 0.2) is 24.3 Å². The van der Waals surface area contributed by atoms with E-state index in [9.17, 15) is 5.11 Å². The van der Waals surface area contributed by atoms with Gasteiger partial charge in [-0.2, -0.15) is 0 Å². The first-order valence-electron chi connectivity index (χ1n) is 5.61. The van der Waals surface area contributed by atoms with Crippen molar-refractivity contribution < 1.29 is 5.11 Å². The maximum absolute atomic E-state index is 10.2. The summed E-state index contributed by atoms with van der Waals surface area (Å²) < 4.78 is 0. The van der Waals surface area contributed by atoms with Crippen LogP contribution in [-0.4, -0.2) is 30.3 Å². The van der Waals surface area contributed by atoms with E-state index < -0.39 is 5.60 Å². The Labute approximate surface area is 101 Å². The van der Waals surface area contributed by atoms with Crippen LogP contribution < -0.4 is 10.6 Å². The van der Waals surface area contributed by atoms with E-state index in [1.165, 1.54) is 0 Å². The van der Waals surface area contributed by atoms with Gasteiger partial charge in [0.25, 0.3) is 0 Å². The minimum Gasteiger partial charge on any atom is -0.387 e. The van der Waals surface area contributed by atoms with Crippen LogP contribution in [0.5, 0.6) is 0 Å². The molecule has 1 unspecified atom stereocenters. The molecule has 16 heavy (non-hydrogen) atoms. The number of hydrogen-bond acceptors (Lipinski definition) is 3. The molecule has 0 bridgehead atoms. The smallest absolute Gasteiger partial charge is 0.0943 e. The van der Waals surface area contributed by atoms with E-state index in [0.717, 1.165) is 30.1 Å². The number of benzene rings is 1. The fourth-order valence-corrected chi connectivity index (χ4v) is 2.06. The Hall–Kier alpha value is -0.770. The van der Waals surface area contributed by atoms with Gasteiger partial charge < -0.3 is 15.7 Å². The van der Waals surface area contributed by atoms with Crippen LogP contribution in [0.25, 0.3) is 0 Å². The Bertz CT molecular complexity index is 333. The molecule has 1 aliphatic rings. The molecule has 1 aromatic rings. The van der Waals surface area contributed by atoms with Gasteiger partial charge in [0.2, 0.25) is 0 Å². The molecule has 0 amide bonds. The predicted molar refractivity (Wildman–Crippen MR) is 67.0 cm³/mol. The third-order valence-corrected chi connectivity index (χ3v) is 3.17. The second kappa shape index (κ2) is 5.04. The summed E-state index contributed by atoms with van der Waals surface area (Å²) in [5.74, 6) is 0. The number of piperidine rings is 1. The van der Waals surface area contributed by atoms with Crippen LogP contribution in [0, 0.1) is 0 Å². The van der Waals surface area contributed by atoms with Crippen molar-refractivity contribution in [2.24, 2.45) is 0 Å². The Morgan fingerprint density at radius 2 is 2.12 bits per heavy atom. The third kappa shape index (κ3) is 3.11. The quantitative estimate of drug-likeness (QED) is 0.756. The largest absolute Gasteiger partial charge is 0.387 e. The van der Waals surface area contributed by atoms with E-state index in [1.807, 2.05) is 24.3 Å². The summed E-state index contributed by atoms with van der Waals surface area (Å²) >= 11 is 5.80. The van der Waals surface area contributed by atoms with Gasteiger partial charge in [0.15, 0.2) is 0 Å². The van der Waals surface area contributed by atoms with Crippen LogP contribution in [-0.2, 0) is 0 Å². The zero-order chi connectivity index (χ0) is 11.4. The summed E-state index contributed by atoms with van der Waals surface area (Å²) in [4.78, 5) is 0. The molecule has 0 aromatic heterocycles. The highest BCUT2D eigenvalue weighted by Crippen LogP contribution is 2.18. The highest BCUT2D eigenvalue weighted by molar-refractivity contribution is 6.30. The van der Waals surface area contributed by atoms with Gasteiger partial charge in [0.1, 0.15) is 0 Å². The molecule has 0 aliphatic carbocycles. The molecule has 0 spiro atoms. The third-order valence-electron chi connectivity index (χ3n) is 2.92. The Morgan fingerprint density at radius 1 is 1.38 bits per heavy atom. The number of β-amino-alcohol motifs (C(OH)–C–C–N with tert-alkyl or cyclic N) is 1. The van der Waals surface area contributed by atoms with Gasteiger partial charge in [-0.25, -0.2) is 0 Å². The number of hydrogen-bond donors (Lipinski definition) is 3. The molecule has 3 N–H and O–H groups in total. The van der Waals surface area contributed by atoms with Crippen molar-refractivity contribution in [1.29, 1.82) is 0 Å². The number of nitrogens with one attached hydrogen (secondary N) is 2. The first kappa shape index (κ1) is 11.7. The van der Waals surface area contributed by atoms with E-state index in [4.69, 9.17) is 11.6 Å². The van der Waals surface area contributed by atoms with Gasteiger partial charge in [0, 0.05) is 23.8 Å². The van der Waals surface area contributed by atoms with Crippen LogP contribution in [0.3, 0.4) is 0 Å². The summed E-state index contributed by atoms with van der Waals surface area (Å²) in [6.07, 6.45) is 1.87. The summed E-state index contributed by atoms with van der Waals surface area (Å²) in [6, 6.07) is 7.52. The highest BCUT2D eigenvalue weighted by atomic mass is 35.5. The Balaban J connectivity index is 1.88. The number of halogens is 1. The molecule has 0 saturated carbocycles. The van der Waals surface area contributed by atoms with Crippen LogP contribution in [0.1, 0.15) is 12.8 Å². The maximum Gasteiger partial charge on any atom is 0.0943 e. The topological polar surface area (TPSA) is 44.3 Å². The maximum atomic E-state index is 10.2. The van der Waals surface area contributed by atoms with Crippen molar-refractivity contribution in [3.8, 4) is 0 Å². The van der Waals surface area contributed by atoms with E-state index >= 15 is 0 Å². The lowest BCUT2D eigenvalue weighted by Crippen LogP contribution is -2.50. The molecule has 88 valence electrons. The van der Waals surface area contributed by atoms with Crippen LogP contribution in [0.2, 0.25) is 5.02 Å². The molecule has 1 fully saturated rings. The van der Waals surface area contributed by atoms with Crippen molar-refractivity contribution in [3.05, 3.63) is 29.3 Å². The Kier molecular flexibility index (Phi) is 3.69. The lowest BCUT2D eigenvalue weighted by atomic mass is 9.94. The molecule has 0 radical (unpaired) electrons. The molecular formula is C12H17ClN2O. The first-order valence-corrected chi connectivity index (χ1v) is 5.98. The highest BCUT2D eigenvalue weighted by Gasteiger charge is 2.28. The molecule has 1 heterocycles. The van der Waals surface area contributed by atoms with E-state index in [2.05, 4.69) is 10.6 Å². The van der Waals surface area contributed by atoms with Gasteiger partial charge >= 0.3 is 0 Å². The minimum atomic E-state index is -0.627. The normalized spacial score (nSPS) is 25.4. The molecule has 1 saturated heterocycles. The standard InChI is InChI=1S/C12H17ClN2O/c13-10-2-4-11(5-3-10)15-9-12(16)6-1-7-14-8-12/h2-5,14-16H,1,6-9H2. The SMILES string of the molecule is OC1(CNc2ccc(Cl)cc2)CCCNC1. The van der Waals surface area contributed by atoms with Crippen molar-refractivity contribution in [2.45, 2.75) is 18.4 Å². The summed E-state index contributed by atoms with van der Waals surface area (Å²) in [6.45, 7) is 2.23. The first-order chi connectivity index (χ1) is 7.68. The lowest BCUT2D eigenvalue weighted by Gasteiger charge is -2.33. The van der Waals surface area contributed by atoms with Crippen molar-refractivity contribution in [3.63, 3.8) is 0 Å². The molecule has 4 heteroatoms. The van der Waals surface area contributed by atoms with Gasteiger partial charge in [-0.1, -0.05) is 11.6 Å². The fraction of sp³-hybridized carbons (Fsp3) is 0.500. The summed E-state index contributed by atoms with van der Waals surface area (Å²) in [5.41, 5.74) is 0.362. The summed E-state index contributed by atoms with van der Waals surface area (Å²) in [5, 5.41) is 17.4. The fourth-order valence-electron chi connectivity index (χ4n) is 1.94. The van der Waals surface area contributed by atoms with E-state index in [-0.39, 0.29) is 0 Å². The minimum absolute atomic E-state index is 0.571. The van der Waals surface area contributed by atoms with Crippen molar-refractivity contribution in [2.75, 3.05) is 25.0 Å². The van der Waals surface area contributed by atoms with Crippen LogP contribution in [0.4, 0.5) is 5.69 Å². The zero-order valence-electron chi connectivity index (χ0n) is 9.17. The second-order valence-corrected chi connectivity index (χ2v) is 4.80. The van der Waals surface area contributed by atoms with Crippen molar-refractivity contribution >= 4 is 17.3 Å². The van der Waals surface area contributed by atoms with E-state index in [0.29, 0.717) is 13.1 Å². The summed E-state index contributed by atoms with van der Waals surface area (Å²) in [7, 11) is 0. The molecule has 1 aliphatic heterocycles. The van der Waals surface area contributed by atoms with Gasteiger partial charge in [0.05, 0.1) is 5.60 Å². The predicted octanol–water partition coefficient (Wildman–Crippen LogP) is 1.87. The monoisotopic (exact) mass is 240 g/mol. The zero-order valence-corrected chi connectivity index (χ0v) is 9.93. The number of aliphatic hydroxyl groups is 1. The van der Waals surface area contributed by atoms with Gasteiger partial charge in [-0.05, 0) is 43.7 Å². The molecule has 2 rings (SSSR count).